The largest absolute Gasteiger partial charge is 0.497 e. The number of aromatic nitrogens is 1. The number of carbonyl (C=O) groups excluding carboxylic acids is 1. The van der Waals surface area contributed by atoms with Crippen molar-refractivity contribution in [3.63, 3.8) is 0 Å². The summed E-state index contributed by atoms with van der Waals surface area (Å²) in [6.07, 6.45) is 4.86. The SMILES string of the molecule is COc1ccc(C(NC(=O)CCc2ncc(-c3ccc(C)cc3)o2)C2CC2)cc1. The Morgan fingerprint density at radius 1 is 1.17 bits per heavy atom. The second kappa shape index (κ2) is 8.52. The van der Waals surface area contributed by atoms with Gasteiger partial charge in [-0.15, -0.1) is 0 Å². The number of hydrogen-bond acceptors (Lipinski definition) is 4. The lowest BCUT2D eigenvalue weighted by atomic mass is 10.0. The molecule has 1 heterocycles. The number of methoxy groups -OCH3 is 1. The summed E-state index contributed by atoms with van der Waals surface area (Å²) in [5.41, 5.74) is 3.32. The van der Waals surface area contributed by atoms with Crippen LogP contribution in [0.2, 0.25) is 0 Å². The zero-order valence-corrected chi connectivity index (χ0v) is 16.9. The highest BCUT2D eigenvalue weighted by Gasteiger charge is 2.33. The van der Waals surface area contributed by atoms with Crippen molar-refractivity contribution in [3.8, 4) is 17.1 Å². The minimum Gasteiger partial charge on any atom is -0.497 e. The van der Waals surface area contributed by atoms with Crippen LogP contribution in [0, 0.1) is 12.8 Å². The molecule has 0 saturated heterocycles. The fraction of sp³-hybridized carbons (Fsp3) is 0.333. The van der Waals surface area contributed by atoms with E-state index < -0.39 is 0 Å². The van der Waals surface area contributed by atoms with Crippen molar-refractivity contribution >= 4 is 5.91 Å². The molecule has 29 heavy (non-hydrogen) atoms. The molecular formula is C24H26N2O3. The van der Waals surface area contributed by atoms with Gasteiger partial charge in [-0.05, 0) is 43.4 Å². The van der Waals surface area contributed by atoms with E-state index in [1.165, 1.54) is 5.56 Å². The first kappa shape index (κ1) is 19.2. The smallest absolute Gasteiger partial charge is 0.221 e. The molecule has 1 aromatic heterocycles. The number of nitrogens with zero attached hydrogens (tertiary/aromatic N) is 1. The van der Waals surface area contributed by atoms with Crippen molar-refractivity contribution in [3.05, 3.63) is 71.7 Å². The van der Waals surface area contributed by atoms with E-state index in [0.29, 0.717) is 24.7 Å². The van der Waals surface area contributed by atoms with E-state index in [2.05, 4.69) is 17.2 Å². The predicted octanol–water partition coefficient (Wildman–Crippen LogP) is 4.86. The molecule has 0 aliphatic heterocycles. The van der Waals surface area contributed by atoms with Gasteiger partial charge >= 0.3 is 0 Å². The van der Waals surface area contributed by atoms with Gasteiger partial charge in [0.05, 0.1) is 19.3 Å². The number of nitrogens with one attached hydrogen (secondary N) is 1. The van der Waals surface area contributed by atoms with Gasteiger partial charge in [-0.1, -0.05) is 42.0 Å². The molecule has 1 amide bonds. The molecule has 3 aromatic rings. The Kier molecular flexibility index (Phi) is 5.65. The van der Waals surface area contributed by atoms with Crippen molar-refractivity contribution in [1.29, 1.82) is 0 Å². The van der Waals surface area contributed by atoms with Crippen LogP contribution in [0.15, 0.2) is 59.1 Å². The molecule has 150 valence electrons. The van der Waals surface area contributed by atoms with Gasteiger partial charge in [-0.3, -0.25) is 4.79 Å². The zero-order chi connectivity index (χ0) is 20.2. The highest BCUT2D eigenvalue weighted by Crippen LogP contribution is 2.41. The number of rotatable bonds is 8. The van der Waals surface area contributed by atoms with Crippen LogP contribution in [0.3, 0.4) is 0 Å². The second-order valence-corrected chi connectivity index (χ2v) is 7.64. The maximum atomic E-state index is 12.6. The van der Waals surface area contributed by atoms with Gasteiger partial charge in [-0.2, -0.15) is 0 Å². The minimum absolute atomic E-state index is 0.0211. The maximum absolute atomic E-state index is 12.6. The summed E-state index contributed by atoms with van der Waals surface area (Å²) in [5, 5.41) is 3.20. The number of ether oxygens (including phenoxy) is 1. The first-order valence-corrected chi connectivity index (χ1v) is 10.1. The summed E-state index contributed by atoms with van der Waals surface area (Å²) in [4.78, 5) is 16.9. The number of hydrogen-bond donors (Lipinski definition) is 1. The van der Waals surface area contributed by atoms with Crippen LogP contribution in [0.5, 0.6) is 5.75 Å². The van der Waals surface area contributed by atoms with Gasteiger partial charge in [0.2, 0.25) is 5.91 Å². The number of aryl methyl sites for hydroxylation is 2. The van der Waals surface area contributed by atoms with E-state index >= 15 is 0 Å². The number of amides is 1. The van der Waals surface area contributed by atoms with E-state index in [4.69, 9.17) is 9.15 Å². The molecule has 0 bridgehead atoms. The predicted molar refractivity (Wildman–Crippen MR) is 112 cm³/mol. The molecule has 0 radical (unpaired) electrons. The van der Waals surface area contributed by atoms with Crippen molar-refractivity contribution in [2.75, 3.05) is 7.11 Å². The molecule has 1 unspecified atom stereocenters. The topological polar surface area (TPSA) is 64.4 Å². The van der Waals surface area contributed by atoms with Gasteiger partial charge in [0.25, 0.3) is 0 Å². The fourth-order valence-electron chi connectivity index (χ4n) is 3.46. The highest BCUT2D eigenvalue weighted by atomic mass is 16.5. The van der Waals surface area contributed by atoms with E-state index in [1.54, 1.807) is 13.3 Å². The lowest BCUT2D eigenvalue weighted by molar-refractivity contribution is -0.122. The van der Waals surface area contributed by atoms with Crippen LogP contribution < -0.4 is 10.1 Å². The number of carbonyl (C=O) groups is 1. The van der Waals surface area contributed by atoms with Gasteiger partial charge < -0.3 is 14.5 Å². The third kappa shape index (κ3) is 4.86. The minimum atomic E-state index is 0.0211. The quantitative estimate of drug-likeness (QED) is 0.597. The molecule has 5 nitrogen and oxygen atoms in total. The Morgan fingerprint density at radius 3 is 2.55 bits per heavy atom. The van der Waals surface area contributed by atoms with Crippen LogP contribution >= 0.6 is 0 Å². The molecule has 1 N–H and O–H groups in total. The summed E-state index contributed by atoms with van der Waals surface area (Å²) >= 11 is 0. The summed E-state index contributed by atoms with van der Waals surface area (Å²) in [6.45, 7) is 2.05. The van der Waals surface area contributed by atoms with Crippen molar-refractivity contribution in [2.45, 2.75) is 38.6 Å². The van der Waals surface area contributed by atoms with Crippen LogP contribution in [0.4, 0.5) is 0 Å². The highest BCUT2D eigenvalue weighted by molar-refractivity contribution is 5.76. The third-order valence-corrected chi connectivity index (χ3v) is 5.34. The van der Waals surface area contributed by atoms with Crippen molar-refractivity contribution in [2.24, 2.45) is 5.92 Å². The molecular weight excluding hydrogens is 364 g/mol. The third-order valence-electron chi connectivity index (χ3n) is 5.34. The van der Waals surface area contributed by atoms with Crippen LogP contribution in [0.1, 0.15) is 42.3 Å². The van der Waals surface area contributed by atoms with Gasteiger partial charge in [0, 0.05) is 18.4 Å². The van der Waals surface area contributed by atoms with Gasteiger partial charge in [0.1, 0.15) is 5.75 Å². The molecule has 5 heteroatoms. The molecule has 1 fully saturated rings. The van der Waals surface area contributed by atoms with Gasteiger partial charge in [-0.25, -0.2) is 4.98 Å². The zero-order valence-electron chi connectivity index (χ0n) is 16.9. The van der Waals surface area contributed by atoms with Gasteiger partial charge in [0.15, 0.2) is 11.7 Å². The molecule has 0 spiro atoms. The number of oxazole rings is 1. The summed E-state index contributed by atoms with van der Waals surface area (Å²) < 4.78 is 11.1. The number of benzene rings is 2. The molecule has 1 saturated carbocycles. The Hall–Kier alpha value is -3.08. The fourth-order valence-corrected chi connectivity index (χ4v) is 3.46. The molecule has 2 aromatic carbocycles. The summed E-state index contributed by atoms with van der Waals surface area (Å²) in [5.74, 6) is 2.68. The average Bonchev–Trinajstić information content (AvgIpc) is 3.48. The first-order valence-electron chi connectivity index (χ1n) is 10.1. The van der Waals surface area contributed by atoms with Crippen molar-refractivity contribution in [1.82, 2.24) is 10.3 Å². The monoisotopic (exact) mass is 390 g/mol. The Labute approximate surface area is 171 Å². The summed E-state index contributed by atoms with van der Waals surface area (Å²) in [6, 6.07) is 16.1. The molecule has 1 aliphatic carbocycles. The molecule has 4 rings (SSSR count). The van der Waals surface area contributed by atoms with Crippen LogP contribution in [0.25, 0.3) is 11.3 Å². The Bertz CT molecular complexity index is 957. The standard InChI is InChI=1S/C24H26N2O3/c1-16-3-5-17(6-4-16)21-15-25-23(29-21)14-13-22(27)26-24(18-7-8-18)19-9-11-20(28-2)12-10-19/h3-6,9-12,15,18,24H,7-8,13-14H2,1-2H3,(H,26,27). The molecule has 1 aliphatic rings. The lowest BCUT2D eigenvalue weighted by Crippen LogP contribution is -2.30. The molecule has 1 atom stereocenters. The average molecular weight is 390 g/mol. The first-order chi connectivity index (χ1) is 14.1. The van der Waals surface area contributed by atoms with E-state index in [1.807, 2.05) is 48.5 Å². The second-order valence-electron chi connectivity index (χ2n) is 7.64. The van der Waals surface area contributed by atoms with E-state index in [-0.39, 0.29) is 11.9 Å². The van der Waals surface area contributed by atoms with Crippen LogP contribution in [-0.4, -0.2) is 18.0 Å². The van der Waals surface area contributed by atoms with Crippen molar-refractivity contribution < 1.29 is 13.9 Å². The Balaban J connectivity index is 1.34. The van der Waals surface area contributed by atoms with E-state index in [0.717, 1.165) is 35.5 Å². The van der Waals surface area contributed by atoms with E-state index in [9.17, 15) is 4.79 Å². The Morgan fingerprint density at radius 2 is 1.90 bits per heavy atom. The summed E-state index contributed by atoms with van der Waals surface area (Å²) in [7, 11) is 1.65. The normalized spacial score (nSPS) is 14.4. The lowest BCUT2D eigenvalue weighted by Gasteiger charge is -2.19. The maximum Gasteiger partial charge on any atom is 0.221 e. The van der Waals surface area contributed by atoms with Crippen LogP contribution in [-0.2, 0) is 11.2 Å².